The summed E-state index contributed by atoms with van der Waals surface area (Å²) in [7, 11) is 3.67. The lowest BCUT2D eigenvalue weighted by Crippen LogP contribution is -2.46. The first kappa shape index (κ1) is 9.32. The Labute approximate surface area is 72.8 Å². The lowest BCUT2D eigenvalue weighted by Gasteiger charge is -2.34. The van der Waals surface area contributed by atoms with Crippen LogP contribution in [-0.2, 0) is 0 Å². The summed E-state index contributed by atoms with van der Waals surface area (Å²) in [5.41, 5.74) is 0. The second kappa shape index (κ2) is 3.76. The third-order valence-electron chi connectivity index (χ3n) is 2.45. The minimum Gasteiger partial charge on any atom is -0.465 e. The van der Waals surface area contributed by atoms with Crippen LogP contribution >= 0.6 is 0 Å². The fourth-order valence-electron chi connectivity index (χ4n) is 1.61. The summed E-state index contributed by atoms with van der Waals surface area (Å²) in [4.78, 5) is 14.2. The van der Waals surface area contributed by atoms with Gasteiger partial charge in [0.05, 0.1) is 0 Å². The number of amides is 1. The van der Waals surface area contributed by atoms with Crippen LogP contribution in [0.2, 0.25) is 0 Å². The molecule has 4 heteroatoms. The molecule has 0 bridgehead atoms. The maximum absolute atomic E-state index is 10.6. The highest BCUT2D eigenvalue weighted by molar-refractivity contribution is 5.65. The van der Waals surface area contributed by atoms with Gasteiger partial charge in [-0.25, -0.2) is 4.79 Å². The van der Waals surface area contributed by atoms with Crippen LogP contribution in [0.5, 0.6) is 0 Å². The smallest absolute Gasteiger partial charge is 0.407 e. The molecule has 0 aromatic heterocycles. The molecule has 1 unspecified atom stereocenters. The zero-order chi connectivity index (χ0) is 9.14. The first-order chi connectivity index (χ1) is 5.61. The maximum Gasteiger partial charge on any atom is 0.407 e. The zero-order valence-corrected chi connectivity index (χ0v) is 7.66. The van der Waals surface area contributed by atoms with E-state index in [4.69, 9.17) is 5.11 Å². The molecule has 1 amide bonds. The van der Waals surface area contributed by atoms with Gasteiger partial charge in [0.1, 0.15) is 0 Å². The Morgan fingerprint density at radius 2 is 2.33 bits per heavy atom. The van der Waals surface area contributed by atoms with Crippen LogP contribution in [-0.4, -0.2) is 54.2 Å². The highest BCUT2D eigenvalue weighted by Crippen LogP contribution is 2.12. The Morgan fingerprint density at radius 1 is 1.67 bits per heavy atom. The fourth-order valence-corrected chi connectivity index (χ4v) is 1.61. The molecule has 0 aliphatic carbocycles. The molecule has 0 spiro atoms. The number of rotatable bonds is 1. The number of hydrogen-bond donors (Lipinski definition) is 1. The summed E-state index contributed by atoms with van der Waals surface area (Å²) < 4.78 is 0. The number of nitrogens with zero attached hydrogens (tertiary/aromatic N) is 2. The molecule has 1 N–H and O–H groups in total. The van der Waals surface area contributed by atoms with Gasteiger partial charge in [-0.1, -0.05) is 0 Å². The van der Waals surface area contributed by atoms with Gasteiger partial charge in [-0.05, 0) is 26.4 Å². The predicted molar refractivity (Wildman–Crippen MR) is 46.3 cm³/mol. The molecule has 1 rings (SSSR count). The molecule has 0 aromatic rings. The summed E-state index contributed by atoms with van der Waals surface area (Å²) in [6.07, 6.45) is 1.27. The second-order valence-electron chi connectivity index (χ2n) is 3.45. The Morgan fingerprint density at radius 3 is 2.83 bits per heavy atom. The number of carboxylic acid groups (broad SMARTS) is 1. The molecule has 0 radical (unpaired) electrons. The van der Waals surface area contributed by atoms with Crippen molar-refractivity contribution in [3.05, 3.63) is 0 Å². The van der Waals surface area contributed by atoms with Crippen molar-refractivity contribution < 1.29 is 9.90 Å². The highest BCUT2D eigenvalue weighted by Gasteiger charge is 2.23. The predicted octanol–water partition coefficient (Wildman–Crippen LogP) is 0.690. The summed E-state index contributed by atoms with van der Waals surface area (Å²) in [5.74, 6) is 0. The molecule has 1 aliphatic rings. The van der Waals surface area contributed by atoms with Crippen LogP contribution in [0, 0.1) is 0 Å². The van der Waals surface area contributed by atoms with Gasteiger partial charge in [-0.3, -0.25) is 0 Å². The van der Waals surface area contributed by atoms with E-state index in [0.29, 0.717) is 0 Å². The minimum atomic E-state index is -0.824. The van der Waals surface area contributed by atoms with E-state index in [2.05, 4.69) is 4.90 Å². The van der Waals surface area contributed by atoms with Gasteiger partial charge < -0.3 is 14.9 Å². The van der Waals surface area contributed by atoms with Gasteiger partial charge in [0.25, 0.3) is 0 Å². The Kier molecular flexibility index (Phi) is 2.92. The molecular weight excluding hydrogens is 156 g/mol. The highest BCUT2D eigenvalue weighted by atomic mass is 16.4. The quantitative estimate of drug-likeness (QED) is 0.633. The van der Waals surface area contributed by atoms with E-state index in [9.17, 15) is 4.79 Å². The first-order valence-corrected chi connectivity index (χ1v) is 4.25. The van der Waals surface area contributed by atoms with E-state index >= 15 is 0 Å². The van der Waals surface area contributed by atoms with Gasteiger partial charge in [-0.2, -0.15) is 0 Å². The van der Waals surface area contributed by atoms with Gasteiger partial charge in [-0.15, -0.1) is 0 Å². The van der Waals surface area contributed by atoms with Crippen LogP contribution in [0.3, 0.4) is 0 Å². The monoisotopic (exact) mass is 172 g/mol. The number of hydrogen-bond acceptors (Lipinski definition) is 2. The van der Waals surface area contributed by atoms with Crippen molar-refractivity contribution in [1.82, 2.24) is 9.80 Å². The van der Waals surface area contributed by atoms with E-state index in [1.807, 2.05) is 7.05 Å². The third kappa shape index (κ3) is 2.11. The van der Waals surface area contributed by atoms with Crippen LogP contribution in [0.4, 0.5) is 4.79 Å². The molecule has 1 atom stereocenters. The van der Waals surface area contributed by atoms with Crippen LogP contribution in [0.15, 0.2) is 0 Å². The molecule has 0 saturated carbocycles. The van der Waals surface area contributed by atoms with E-state index < -0.39 is 6.09 Å². The number of likely N-dealkylation sites (N-methyl/N-ethyl adjacent to an activating group) is 2. The zero-order valence-electron chi connectivity index (χ0n) is 7.66. The van der Waals surface area contributed by atoms with Gasteiger partial charge >= 0.3 is 6.09 Å². The van der Waals surface area contributed by atoms with Crippen molar-refractivity contribution in [3.63, 3.8) is 0 Å². The molecule has 70 valence electrons. The SMILES string of the molecule is CN1CCCC(N(C)C(=O)O)C1. The van der Waals surface area contributed by atoms with Crippen molar-refractivity contribution in [2.45, 2.75) is 18.9 Å². The van der Waals surface area contributed by atoms with Gasteiger partial charge in [0.15, 0.2) is 0 Å². The van der Waals surface area contributed by atoms with E-state index in [0.717, 1.165) is 25.9 Å². The molecular formula is C8H16N2O2. The first-order valence-electron chi connectivity index (χ1n) is 4.25. The molecule has 4 nitrogen and oxygen atoms in total. The topological polar surface area (TPSA) is 43.8 Å². The Balaban J connectivity index is 2.45. The molecule has 0 aromatic carbocycles. The lowest BCUT2D eigenvalue weighted by molar-refractivity contribution is 0.107. The van der Waals surface area contributed by atoms with Crippen molar-refractivity contribution >= 4 is 6.09 Å². The number of piperidine rings is 1. The number of carbonyl (C=O) groups is 1. The average molecular weight is 172 g/mol. The van der Waals surface area contributed by atoms with Crippen molar-refractivity contribution in [2.75, 3.05) is 27.2 Å². The van der Waals surface area contributed by atoms with Crippen LogP contribution < -0.4 is 0 Å². The largest absolute Gasteiger partial charge is 0.465 e. The van der Waals surface area contributed by atoms with Crippen LogP contribution in [0.25, 0.3) is 0 Å². The van der Waals surface area contributed by atoms with E-state index in [1.165, 1.54) is 4.90 Å². The lowest BCUT2D eigenvalue weighted by atomic mass is 10.1. The third-order valence-corrected chi connectivity index (χ3v) is 2.45. The molecule has 12 heavy (non-hydrogen) atoms. The summed E-state index contributed by atoms with van der Waals surface area (Å²) >= 11 is 0. The second-order valence-corrected chi connectivity index (χ2v) is 3.45. The number of likely N-dealkylation sites (tertiary alicyclic amines) is 1. The molecule has 1 saturated heterocycles. The summed E-state index contributed by atoms with van der Waals surface area (Å²) in [6.45, 7) is 1.95. The Hall–Kier alpha value is -0.770. The standard InChI is InChI=1S/C8H16N2O2/c1-9-5-3-4-7(6-9)10(2)8(11)12/h7H,3-6H2,1-2H3,(H,11,12). The van der Waals surface area contributed by atoms with Crippen molar-refractivity contribution in [2.24, 2.45) is 0 Å². The Bertz CT molecular complexity index is 172. The fraction of sp³-hybridized carbons (Fsp3) is 0.875. The van der Waals surface area contributed by atoms with Crippen molar-refractivity contribution in [3.8, 4) is 0 Å². The van der Waals surface area contributed by atoms with Gasteiger partial charge in [0, 0.05) is 19.6 Å². The van der Waals surface area contributed by atoms with E-state index in [1.54, 1.807) is 7.05 Å². The van der Waals surface area contributed by atoms with E-state index in [-0.39, 0.29) is 6.04 Å². The normalized spacial score (nSPS) is 25.3. The van der Waals surface area contributed by atoms with Gasteiger partial charge in [0.2, 0.25) is 0 Å². The molecule has 1 aliphatic heterocycles. The molecule has 1 fully saturated rings. The maximum atomic E-state index is 10.6. The average Bonchev–Trinajstić information content (AvgIpc) is 2.03. The summed E-state index contributed by atoms with van der Waals surface area (Å²) in [5, 5.41) is 8.73. The van der Waals surface area contributed by atoms with Crippen LogP contribution in [0.1, 0.15) is 12.8 Å². The molecule has 1 heterocycles. The minimum absolute atomic E-state index is 0.182. The van der Waals surface area contributed by atoms with Crippen molar-refractivity contribution in [1.29, 1.82) is 0 Å². The summed E-state index contributed by atoms with van der Waals surface area (Å²) in [6, 6.07) is 0.182.